The highest BCUT2D eigenvalue weighted by Gasteiger charge is 2.46. The van der Waals surface area contributed by atoms with Gasteiger partial charge < -0.3 is 10.1 Å². The fourth-order valence-corrected chi connectivity index (χ4v) is 2.50. The van der Waals surface area contributed by atoms with Crippen LogP contribution in [0, 0.1) is 5.92 Å². The lowest BCUT2D eigenvalue weighted by Crippen LogP contribution is -2.51. The first-order valence-electron chi connectivity index (χ1n) is 6.51. The monoisotopic (exact) mass is 295 g/mol. The van der Waals surface area contributed by atoms with Gasteiger partial charge in [-0.2, -0.15) is 0 Å². The molecular formula is C15H18ClNO3. The van der Waals surface area contributed by atoms with Gasteiger partial charge in [0.1, 0.15) is 5.54 Å². The lowest BCUT2D eigenvalue weighted by molar-refractivity contribution is -0.149. The van der Waals surface area contributed by atoms with Crippen LogP contribution in [-0.4, -0.2) is 24.5 Å². The molecule has 1 aliphatic rings. The summed E-state index contributed by atoms with van der Waals surface area (Å²) in [5.74, 6) is -0.490. The van der Waals surface area contributed by atoms with Crippen molar-refractivity contribution in [1.82, 2.24) is 5.32 Å². The Kier molecular flexibility index (Phi) is 4.04. The highest BCUT2D eigenvalue weighted by atomic mass is 35.5. The van der Waals surface area contributed by atoms with E-state index in [9.17, 15) is 9.59 Å². The molecule has 4 nitrogen and oxygen atoms in total. The zero-order valence-corrected chi connectivity index (χ0v) is 12.5. The Morgan fingerprint density at radius 2 is 2.10 bits per heavy atom. The van der Waals surface area contributed by atoms with E-state index in [0.29, 0.717) is 5.02 Å². The third-order valence-electron chi connectivity index (χ3n) is 3.54. The van der Waals surface area contributed by atoms with Crippen molar-refractivity contribution in [3.63, 3.8) is 0 Å². The Morgan fingerprint density at radius 3 is 2.70 bits per heavy atom. The maximum absolute atomic E-state index is 12.2. The van der Waals surface area contributed by atoms with E-state index in [1.807, 2.05) is 24.3 Å². The third-order valence-corrected chi connectivity index (χ3v) is 3.77. The molecule has 2 atom stereocenters. The summed E-state index contributed by atoms with van der Waals surface area (Å²) in [7, 11) is 1.31. The van der Waals surface area contributed by atoms with Crippen molar-refractivity contribution in [3.8, 4) is 0 Å². The van der Waals surface area contributed by atoms with Crippen LogP contribution in [0.15, 0.2) is 24.3 Å². The molecule has 0 aromatic heterocycles. The molecule has 108 valence electrons. The highest BCUT2D eigenvalue weighted by Crippen LogP contribution is 2.48. The average Bonchev–Trinajstić information content (AvgIpc) is 3.17. The number of esters is 1. The Balaban J connectivity index is 1.98. The van der Waals surface area contributed by atoms with E-state index in [0.717, 1.165) is 12.0 Å². The van der Waals surface area contributed by atoms with Crippen LogP contribution in [0.4, 0.5) is 0 Å². The number of amides is 1. The largest absolute Gasteiger partial charge is 0.467 e. The second kappa shape index (κ2) is 5.44. The van der Waals surface area contributed by atoms with Crippen molar-refractivity contribution >= 4 is 23.5 Å². The van der Waals surface area contributed by atoms with Crippen molar-refractivity contribution in [3.05, 3.63) is 34.9 Å². The topological polar surface area (TPSA) is 55.4 Å². The summed E-state index contributed by atoms with van der Waals surface area (Å²) in [5, 5.41) is 3.41. The van der Waals surface area contributed by atoms with Crippen LogP contribution in [-0.2, 0) is 14.3 Å². The highest BCUT2D eigenvalue weighted by molar-refractivity contribution is 6.30. The Morgan fingerprint density at radius 1 is 1.40 bits per heavy atom. The number of carbonyl (C=O) groups is 2. The van der Waals surface area contributed by atoms with Crippen molar-refractivity contribution in [2.24, 2.45) is 5.92 Å². The summed E-state index contributed by atoms with van der Waals surface area (Å²) < 4.78 is 4.67. The van der Waals surface area contributed by atoms with Crippen LogP contribution < -0.4 is 5.32 Å². The Bertz CT molecular complexity index is 542. The van der Waals surface area contributed by atoms with E-state index >= 15 is 0 Å². The molecule has 20 heavy (non-hydrogen) atoms. The van der Waals surface area contributed by atoms with Crippen molar-refractivity contribution in [2.75, 3.05) is 7.11 Å². The van der Waals surface area contributed by atoms with E-state index in [4.69, 9.17) is 11.6 Å². The number of hydrogen-bond acceptors (Lipinski definition) is 3. The van der Waals surface area contributed by atoms with Crippen LogP contribution in [0.2, 0.25) is 5.02 Å². The minimum Gasteiger partial charge on any atom is -0.467 e. The molecule has 1 amide bonds. The first-order valence-corrected chi connectivity index (χ1v) is 6.89. The van der Waals surface area contributed by atoms with Gasteiger partial charge in [0, 0.05) is 10.9 Å². The van der Waals surface area contributed by atoms with E-state index in [-0.39, 0.29) is 17.7 Å². The molecule has 0 heterocycles. The molecule has 2 rings (SSSR count). The minimum absolute atomic E-state index is 0.0996. The SMILES string of the molecule is COC(=O)C(C)(C)NC(=O)[C@H]1C[C@@H]1c1cccc(Cl)c1. The third kappa shape index (κ3) is 3.12. The van der Waals surface area contributed by atoms with Crippen molar-refractivity contribution in [2.45, 2.75) is 31.7 Å². The van der Waals surface area contributed by atoms with Gasteiger partial charge in [-0.15, -0.1) is 0 Å². The number of methoxy groups -OCH3 is 1. The molecule has 0 radical (unpaired) electrons. The average molecular weight is 296 g/mol. The standard InChI is InChI=1S/C15H18ClNO3/c1-15(2,14(19)20-3)17-13(18)12-8-11(12)9-5-4-6-10(16)7-9/h4-7,11-12H,8H2,1-3H3,(H,17,18)/t11-,12+/m1/s1. The summed E-state index contributed by atoms with van der Waals surface area (Å²) in [6.45, 7) is 3.26. The second-order valence-electron chi connectivity index (χ2n) is 5.61. The number of ether oxygens (including phenoxy) is 1. The van der Waals surface area contributed by atoms with Crippen LogP contribution in [0.1, 0.15) is 31.7 Å². The predicted octanol–water partition coefficient (Wildman–Crippen LogP) is 2.51. The van der Waals surface area contributed by atoms with E-state index < -0.39 is 11.5 Å². The first-order chi connectivity index (χ1) is 9.35. The van der Waals surface area contributed by atoms with E-state index in [1.165, 1.54) is 7.11 Å². The normalized spacial score (nSPS) is 21.2. The number of nitrogens with one attached hydrogen (secondary N) is 1. The number of hydrogen-bond donors (Lipinski definition) is 1. The van der Waals surface area contributed by atoms with Gasteiger partial charge in [-0.3, -0.25) is 4.79 Å². The molecular weight excluding hydrogens is 278 g/mol. The van der Waals surface area contributed by atoms with Crippen molar-refractivity contribution < 1.29 is 14.3 Å². The van der Waals surface area contributed by atoms with Crippen LogP contribution >= 0.6 is 11.6 Å². The number of rotatable bonds is 4. The van der Waals surface area contributed by atoms with Gasteiger partial charge in [0.05, 0.1) is 7.11 Å². The van der Waals surface area contributed by atoms with Gasteiger partial charge in [0.2, 0.25) is 5.91 Å². The maximum atomic E-state index is 12.2. The quantitative estimate of drug-likeness (QED) is 0.868. The first kappa shape index (κ1) is 14.9. The number of carbonyl (C=O) groups excluding carboxylic acids is 2. The molecule has 1 aromatic rings. The fraction of sp³-hybridized carbons (Fsp3) is 0.467. The smallest absolute Gasteiger partial charge is 0.330 e. The fourth-order valence-electron chi connectivity index (χ4n) is 2.30. The predicted molar refractivity (Wildman–Crippen MR) is 76.5 cm³/mol. The zero-order chi connectivity index (χ0) is 14.9. The molecule has 0 saturated heterocycles. The van der Waals surface area contributed by atoms with Crippen LogP contribution in [0.5, 0.6) is 0 Å². The number of benzene rings is 1. The lowest BCUT2D eigenvalue weighted by atomic mass is 10.0. The molecule has 0 bridgehead atoms. The molecule has 0 unspecified atom stereocenters. The Hall–Kier alpha value is -1.55. The van der Waals surface area contributed by atoms with Gasteiger partial charge in [0.15, 0.2) is 0 Å². The second-order valence-corrected chi connectivity index (χ2v) is 6.05. The van der Waals surface area contributed by atoms with Gasteiger partial charge in [0.25, 0.3) is 0 Å². The summed E-state index contributed by atoms with van der Waals surface area (Å²) in [5.41, 5.74) is 0.0568. The molecule has 0 aliphatic heterocycles. The Labute approximate surface area is 123 Å². The summed E-state index contributed by atoms with van der Waals surface area (Å²) in [6.07, 6.45) is 0.781. The van der Waals surface area contributed by atoms with Gasteiger partial charge in [-0.25, -0.2) is 4.79 Å². The molecule has 1 saturated carbocycles. The molecule has 1 aromatic carbocycles. The van der Waals surface area contributed by atoms with E-state index in [1.54, 1.807) is 13.8 Å². The van der Waals surface area contributed by atoms with Gasteiger partial charge in [-0.05, 0) is 43.9 Å². The summed E-state index contributed by atoms with van der Waals surface area (Å²) in [4.78, 5) is 23.7. The van der Waals surface area contributed by atoms with E-state index in [2.05, 4.69) is 10.1 Å². The summed E-state index contributed by atoms with van der Waals surface area (Å²) >= 11 is 5.95. The molecule has 1 N–H and O–H groups in total. The molecule has 1 fully saturated rings. The molecule has 0 spiro atoms. The van der Waals surface area contributed by atoms with Crippen molar-refractivity contribution in [1.29, 1.82) is 0 Å². The molecule has 1 aliphatic carbocycles. The van der Waals surface area contributed by atoms with Crippen LogP contribution in [0.3, 0.4) is 0 Å². The van der Waals surface area contributed by atoms with Gasteiger partial charge in [-0.1, -0.05) is 23.7 Å². The minimum atomic E-state index is -1.01. The number of halogens is 1. The molecule has 5 heteroatoms. The zero-order valence-electron chi connectivity index (χ0n) is 11.8. The van der Waals surface area contributed by atoms with Crippen LogP contribution in [0.25, 0.3) is 0 Å². The lowest BCUT2D eigenvalue weighted by Gasteiger charge is -2.23. The maximum Gasteiger partial charge on any atom is 0.330 e. The van der Waals surface area contributed by atoms with Gasteiger partial charge >= 0.3 is 5.97 Å². The summed E-state index contributed by atoms with van der Waals surface area (Å²) in [6, 6.07) is 7.53.